The SMILES string of the molecule is CC(C)CC1NC(=O)N(C(C)CN)C1=O. The molecule has 3 amide bonds. The lowest BCUT2D eigenvalue weighted by molar-refractivity contribution is -0.129. The highest BCUT2D eigenvalue weighted by Crippen LogP contribution is 2.15. The summed E-state index contributed by atoms with van der Waals surface area (Å²) >= 11 is 0. The first-order valence-electron chi connectivity index (χ1n) is 5.31. The van der Waals surface area contributed by atoms with Gasteiger partial charge < -0.3 is 11.1 Å². The van der Waals surface area contributed by atoms with Crippen LogP contribution >= 0.6 is 0 Å². The van der Waals surface area contributed by atoms with Crippen molar-refractivity contribution in [2.75, 3.05) is 6.54 Å². The smallest absolute Gasteiger partial charge is 0.325 e. The molecule has 86 valence electrons. The Morgan fingerprint density at radius 3 is 2.47 bits per heavy atom. The maximum atomic E-state index is 11.8. The number of carbonyl (C=O) groups is 2. The van der Waals surface area contributed by atoms with E-state index in [0.29, 0.717) is 18.9 Å². The van der Waals surface area contributed by atoms with Crippen molar-refractivity contribution in [2.45, 2.75) is 39.3 Å². The summed E-state index contributed by atoms with van der Waals surface area (Å²) in [6.07, 6.45) is 0.679. The van der Waals surface area contributed by atoms with E-state index < -0.39 is 0 Å². The Balaban J connectivity index is 2.70. The van der Waals surface area contributed by atoms with Crippen LogP contribution in [0.2, 0.25) is 0 Å². The molecule has 0 saturated carbocycles. The maximum absolute atomic E-state index is 11.8. The Bertz CT molecular complexity index is 265. The molecule has 2 atom stereocenters. The number of urea groups is 1. The second-order valence-corrected chi connectivity index (χ2v) is 4.42. The predicted octanol–water partition coefficient (Wildman–Crippen LogP) is 0.300. The molecule has 0 radical (unpaired) electrons. The molecule has 0 aromatic heterocycles. The van der Waals surface area contributed by atoms with Gasteiger partial charge in [-0.05, 0) is 19.3 Å². The molecular formula is C10H19N3O2. The van der Waals surface area contributed by atoms with Gasteiger partial charge in [-0.15, -0.1) is 0 Å². The highest BCUT2D eigenvalue weighted by Gasteiger charge is 2.40. The van der Waals surface area contributed by atoms with Crippen LogP contribution < -0.4 is 11.1 Å². The minimum Gasteiger partial charge on any atom is -0.328 e. The van der Waals surface area contributed by atoms with Crippen LogP contribution in [0.1, 0.15) is 27.2 Å². The number of amides is 3. The summed E-state index contributed by atoms with van der Waals surface area (Å²) in [5.74, 6) is 0.235. The number of hydrogen-bond acceptors (Lipinski definition) is 3. The number of hydrogen-bond donors (Lipinski definition) is 2. The van der Waals surface area contributed by atoms with Crippen molar-refractivity contribution < 1.29 is 9.59 Å². The summed E-state index contributed by atoms with van der Waals surface area (Å²) in [4.78, 5) is 24.6. The molecule has 2 unspecified atom stereocenters. The second-order valence-electron chi connectivity index (χ2n) is 4.42. The van der Waals surface area contributed by atoms with E-state index in [1.165, 1.54) is 4.90 Å². The molecule has 5 heteroatoms. The molecule has 0 bridgehead atoms. The fraction of sp³-hybridized carbons (Fsp3) is 0.800. The van der Waals surface area contributed by atoms with Gasteiger partial charge in [0.25, 0.3) is 5.91 Å². The standard InChI is InChI=1S/C10H19N3O2/c1-6(2)4-8-9(14)13(7(3)5-11)10(15)12-8/h6-8H,4-5,11H2,1-3H3,(H,12,15). The highest BCUT2D eigenvalue weighted by atomic mass is 16.2. The van der Waals surface area contributed by atoms with E-state index in [1.54, 1.807) is 6.92 Å². The summed E-state index contributed by atoms with van der Waals surface area (Å²) in [6.45, 7) is 6.12. The van der Waals surface area contributed by atoms with Crippen molar-refractivity contribution in [3.8, 4) is 0 Å². The monoisotopic (exact) mass is 213 g/mol. The molecule has 0 aromatic rings. The molecule has 1 heterocycles. The van der Waals surface area contributed by atoms with Crippen molar-refractivity contribution in [2.24, 2.45) is 11.7 Å². The van der Waals surface area contributed by atoms with Crippen molar-refractivity contribution in [3.63, 3.8) is 0 Å². The molecule has 15 heavy (non-hydrogen) atoms. The Labute approximate surface area is 90.0 Å². The van der Waals surface area contributed by atoms with Gasteiger partial charge in [0.15, 0.2) is 0 Å². The molecule has 1 aliphatic heterocycles. The van der Waals surface area contributed by atoms with Crippen molar-refractivity contribution in [3.05, 3.63) is 0 Å². The number of nitrogens with zero attached hydrogens (tertiary/aromatic N) is 1. The molecule has 0 spiro atoms. The Morgan fingerprint density at radius 2 is 2.00 bits per heavy atom. The van der Waals surface area contributed by atoms with Gasteiger partial charge in [0.2, 0.25) is 0 Å². The van der Waals surface area contributed by atoms with Crippen LogP contribution in [0.5, 0.6) is 0 Å². The van der Waals surface area contributed by atoms with Gasteiger partial charge in [-0.25, -0.2) is 4.79 Å². The third kappa shape index (κ3) is 2.47. The van der Waals surface area contributed by atoms with Crippen LogP contribution in [0, 0.1) is 5.92 Å². The fourth-order valence-corrected chi connectivity index (χ4v) is 1.70. The largest absolute Gasteiger partial charge is 0.328 e. The highest BCUT2D eigenvalue weighted by molar-refractivity contribution is 6.04. The third-order valence-electron chi connectivity index (χ3n) is 2.54. The van der Waals surface area contributed by atoms with Crippen molar-refractivity contribution in [1.82, 2.24) is 10.2 Å². The summed E-state index contributed by atoms with van der Waals surface area (Å²) in [5.41, 5.74) is 5.45. The molecule has 3 N–H and O–H groups in total. The predicted molar refractivity (Wildman–Crippen MR) is 57.1 cm³/mol. The maximum Gasteiger partial charge on any atom is 0.325 e. The minimum absolute atomic E-state index is 0.147. The van der Waals surface area contributed by atoms with E-state index >= 15 is 0 Å². The van der Waals surface area contributed by atoms with Gasteiger partial charge in [-0.2, -0.15) is 0 Å². The van der Waals surface area contributed by atoms with Crippen LogP contribution in [0.15, 0.2) is 0 Å². The van der Waals surface area contributed by atoms with Gasteiger partial charge in [-0.3, -0.25) is 9.69 Å². The van der Waals surface area contributed by atoms with E-state index in [2.05, 4.69) is 5.32 Å². The van der Waals surface area contributed by atoms with Crippen LogP contribution in [-0.4, -0.2) is 35.5 Å². The van der Waals surface area contributed by atoms with Crippen LogP contribution in [0.4, 0.5) is 4.79 Å². The number of carbonyl (C=O) groups excluding carboxylic acids is 2. The summed E-state index contributed by atoms with van der Waals surface area (Å²) in [5, 5.41) is 2.68. The Kier molecular flexibility index (Phi) is 3.68. The zero-order valence-electron chi connectivity index (χ0n) is 9.49. The van der Waals surface area contributed by atoms with E-state index in [9.17, 15) is 9.59 Å². The van der Waals surface area contributed by atoms with E-state index in [0.717, 1.165) is 0 Å². The Morgan fingerprint density at radius 1 is 1.40 bits per heavy atom. The first-order chi connectivity index (χ1) is 6.97. The number of rotatable bonds is 4. The lowest BCUT2D eigenvalue weighted by Crippen LogP contribution is -2.43. The van der Waals surface area contributed by atoms with Crippen molar-refractivity contribution >= 4 is 11.9 Å². The Hall–Kier alpha value is -1.10. The zero-order valence-corrected chi connectivity index (χ0v) is 9.49. The van der Waals surface area contributed by atoms with Gasteiger partial charge in [-0.1, -0.05) is 13.8 Å². The topological polar surface area (TPSA) is 75.4 Å². The third-order valence-corrected chi connectivity index (χ3v) is 2.54. The fourth-order valence-electron chi connectivity index (χ4n) is 1.70. The van der Waals surface area contributed by atoms with Gasteiger partial charge in [0.1, 0.15) is 6.04 Å². The molecule has 1 saturated heterocycles. The van der Waals surface area contributed by atoms with E-state index in [-0.39, 0.29) is 24.0 Å². The molecule has 1 fully saturated rings. The van der Waals surface area contributed by atoms with Crippen LogP contribution in [-0.2, 0) is 4.79 Å². The summed E-state index contributed by atoms with van der Waals surface area (Å²) in [7, 11) is 0. The average molecular weight is 213 g/mol. The molecule has 5 nitrogen and oxygen atoms in total. The minimum atomic E-state index is -0.369. The molecular weight excluding hydrogens is 194 g/mol. The lowest BCUT2D eigenvalue weighted by atomic mass is 10.0. The quantitative estimate of drug-likeness (QED) is 0.659. The zero-order chi connectivity index (χ0) is 11.6. The van der Waals surface area contributed by atoms with Gasteiger partial charge in [0, 0.05) is 6.54 Å². The summed E-state index contributed by atoms with van der Waals surface area (Å²) in [6, 6.07) is -0.912. The van der Waals surface area contributed by atoms with Crippen LogP contribution in [0.3, 0.4) is 0 Å². The summed E-state index contributed by atoms with van der Waals surface area (Å²) < 4.78 is 0. The first-order valence-corrected chi connectivity index (χ1v) is 5.31. The molecule has 0 aromatic carbocycles. The first kappa shape index (κ1) is 12.0. The number of imide groups is 1. The second kappa shape index (κ2) is 4.61. The van der Waals surface area contributed by atoms with Crippen molar-refractivity contribution in [1.29, 1.82) is 0 Å². The molecule has 0 aliphatic carbocycles. The number of nitrogens with one attached hydrogen (secondary N) is 1. The van der Waals surface area contributed by atoms with E-state index in [4.69, 9.17) is 5.73 Å². The molecule has 1 rings (SSSR count). The van der Waals surface area contributed by atoms with Gasteiger partial charge >= 0.3 is 6.03 Å². The average Bonchev–Trinajstić information content (AvgIpc) is 2.40. The van der Waals surface area contributed by atoms with Crippen LogP contribution in [0.25, 0.3) is 0 Å². The molecule has 1 aliphatic rings. The number of nitrogens with two attached hydrogens (primary N) is 1. The lowest BCUT2D eigenvalue weighted by Gasteiger charge is -2.19. The normalized spacial score (nSPS) is 23.5. The van der Waals surface area contributed by atoms with Gasteiger partial charge in [0.05, 0.1) is 6.04 Å². The van der Waals surface area contributed by atoms with E-state index in [1.807, 2.05) is 13.8 Å².